The first-order valence-electron chi connectivity index (χ1n) is 7.83. The molecule has 0 bridgehead atoms. The molecule has 0 radical (unpaired) electrons. The summed E-state index contributed by atoms with van der Waals surface area (Å²) >= 11 is 6.03. The van der Waals surface area contributed by atoms with E-state index in [0.717, 1.165) is 25.2 Å². The van der Waals surface area contributed by atoms with Crippen LogP contribution >= 0.6 is 11.6 Å². The molecule has 3 rings (SSSR count). The van der Waals surface area contributed by atoms with Crippen molar-refractivity contribution < 1.29 is 0 Å². The molecular weight excluding hydrogens is 296 g/mol. The second-order valence-electron chi connectivity index (χ2n) is 5.77. The number of nitrogens with zero attached hydrogens (tertiary/aromatic N) is 3. The van der Waals surface area contributed by atoms with Gasteiger partial charge in [-0.1, -0.05) is 41.9 Å². The van der Waals surface area contributed by atoms with E-state index in [4.69, 9.17) is 17.3 Å². The molecule has 1 saturated heterocycles. The van der Waals surface area contributed by atoms with Crippen molar-refractivity contribution in [2.75, 3.05) is 17.2 Å². The van der Waals surface area contributed by atoms with Crippen molar-refractivity contribution in [3.8, 4) is 0 Å². The van der Waals surface area contributed by atoms with Crippen LogP contribution in [0.5, 0.6) is 0 Å². The zero-order valence-electron chi connectivity index (χ0n) is 12.6. The van der Waals surface area contributed by atoms with Gasteiger partial charge in [-0.15, -0.1) is 0 Å². The van der Waals surface area contributed by atoms with Crippen LogP contribution in [0.15, 0.2) is 36.4 Å². The maximum atomic E-state index is 6.03. The first kappa shape index (κ1) is 15.1. The van der Waals surface area contributed by atoms with E-state index in [1.807, 2.05) is 6.07 Å². The zero-order chi connectivity index (χ0) is 15.4. The molecule has 1 aromatic carbocycles. The minimum absolute atomic E-state index is 0.245. The molecule has 0 unspecified atom stereocenters. The molecule has 0 saturated carbocycles. The molecule has 1 aromatic heterocycles. The minimum Gasteiger partial charge on any atom is -0.368 e. The van der Waals surface area contributed by atoms with Crippen molar-refractivity contribution in [1.29, 1.82) is 0 Å². The van der Waals surface area contributed by atoms with Gasteiger partial charge < -0.3 is 10.6 Å². The summed E-state index contributed by atoms with van der Waals surface area (Å²) in [4.78, 5) is 10.7. The second-order valence-corrected chi connectivity index (χ2v) is 6.16. The molecule has 1 fully saturated rings. The second kappa shape index (κ2) is 6.97. The summed E-state index contributed by atoms with van der Waals surface area (Å²) in [5.74, 6) is 1.10. The number of halogens is 1. The number of nitrogens with two attached hydrogens (primary N) is 1. The van der Waals surface area contributed by atoms with Crippen molar-refractivity contribution in [1.82, 2.24) is 9.97 Å². The van der Waals surface area contributed by atoms with E-state index in [2.05, 4.69) is 45.2 Å². The molecule has 4 nitrogen and oxygen atoms in total. The smallest absolute Gasteiger partial charge is 0.223 e. The van der Waals surface area contributed by atoms with Gasteiger partial charge in [0, 0.05) is 18.7 Å². The van der Waals surface area contributed by atoms with Gasteiger partial charge in [-0.25, -0.2) is 4.98 Å². The summed E-state index contributed by atoms with van der Waals surface area (Å²) in [5, 5.41) is 0.412. The lowest BCUT2D eigenvalue weighted by molar-refractivity contribution is 0.435. The third-order valence-corrected chi connectivity index (χ3v) is 4.42. The number of benzene rings is 1. The molecule has 2 aromatic rings. The summed E-state index contributed by atoms with van der Waals surface area (Å²) in [6.45, 7) is 1.01. The molecule has 1 atom stereocenters. The highest BCUT2D eigenvalue weighted by Crippen LogP contribution is 2.27. The number of hydrogen-bond acceptors (Lipinski definition) is 4. The highest BCUT2D eigenvalue weighted by Gasteiger charge is 2.24. The summed E-state index contributed by atoms with van der Waals surface area (Å²) in [6.07, 6.45) is 5.84. The van der Waals surface area contributed by atoms with E-state index in [1.165, 1.54) is 24.8 Å². The van der Waals surface area contributed by atoms with E-state index < -0.39 is 0 Å². The quantitative estimate of drug-likeness (QED) is 0.874. The Bertz CT molecular complexity index is 597. The van der Waals surface area contributed by atoms with Crippen molar-refractivity contribution in [2.24, 2.45) is 0 Å². The lowest BCUT2D eigenvalue weighted by Gasteiger charge is -2.37. The Labute approximate surface area is 136 Å². The van der Waals surface area contributed by atoms with Gasteiger partial charge in [0.1, 0.15) is 11.0 Å². The zero-order valence-corrected chi connectivity index (χ0v) is 13.3. The first-order chi connectivity index (χ1) is 10.7. The van der Waals surface area contributed by atoms with Crippen molar-refractivity contribution in [3.05, 3.63) is 47.1 Å². The van der Waals surface area contributed by atoms with Crippen LogP contribution in [-0.4, -0.2) is 22.6 Å². The molecular formula is C17H21ClN4. The van der Waals surface area contributed by atoms with Gasteiger partial charge in [0.05, 0.1) is 0 Å². The van der Waals surface area contributed by atoms with Crippen LogP contribution in [0.4, 0.5) is 11.8 Å². The van der Waals surface area contributed by atoms with Crippen LogP contribution in [0.25, 0.3) is 0 Å². The van der Waals surface area contributed by atoms with Crippen LogP contribution in [0.1, 0.15) is 31.2 Å². The fourth-order valence-corrected chi connectivity index (χ4v) is 3.33. The third kappa shape index (κ3) is 3.69. The average molecular weight is 317 g/mol. The third-order valence-electron chi connectivity index (χ3n) is 4.23. The fourth-order valence-electron chi connectivity index (χ4n) is 3.15. The van der Waals surface area contributed by atoms with Crippen LogP contribution < -0.4 is 10.6 Å². The average Bonchev–Trinajstić information content (AvgIpc) is 2.53. The minimum atomic E-state index is 0.245. The normalized spacial score (nSPS) is 18.4. The molecule has 116 valence electrons. The lowest BCUT2D eigenvalue weighted by Crippen LogP contribution is -2.40. The Morgan fingerprint density at radius 2 is 2.00 bits per heavy atom. The molecule has 0 aliphatic carbocycles. The highest BCUT2D eigenvalue weighted by molar-refractivity contribution is 6.29. The molecule has 2 heterocycles. The van der Waals surface area contributed by atoms with Crippen molar-refractivity contribution in [2.45, 2.75) is 38.1 Å². The molecule has 1 aliphatic rings. The van der Waals surface area contributed by atoms with Crippen LogP contribution in [0, 0.1) is 0 Å². The first-order valence-corrected chi connectivity index (χ1v) is 8.21. The van der Waals surface area contributed by atoms with Gasteiger partial charge in [-0.2, -0.15) is 4.98 Å². The monoisotopic (exact) mass is 316 g/mol. The summed E-state index contributed by atoms with van der Waals surface area (Å²) in [5.41, 5.74) is 7.13. The number of rotatable bonds is 4. The Kier molecular flexibility index (Phi) is 4.78. The maximum Gasteiger partial charge on any atom is 0.223 e. The van der Waals surface area contributed by atoms with Gasteiger partial charge in [0.25, 0.3) is 0 Å². The lowest BCUT2D eigenvalue weighted by atomic mass is 9.96. The summed E-state index contributed by atoms with van der Waals surface area (Å²) in [7, 11) is 0. The maximum absolute atomic E-state index is 6.03. The van der Waals surface area contributed by atoms with Gasteiger partial charge in [-0.05, 0) is 37.7 Å². The Morgan fingerprint density at radius 3 is 2.77 bits per heavy atom. The SMILES string of the molecule is Nc1nc(Cl)cc(N2CCCC[C@H]2CCc2ccccc2)n1. The van der Waals surface area contributed by atoms with Gasteiger partial charge in [-0.3, -0.25) is 0 Å². The van der Waals surface area contributed by atoms with Gasteiger partial charge >= 0.3 is 0 Å². The molecule has 5 heteroatoms. The standard InChI is InChI=1S/C17H21ClN4/c18-15-12-16(21-17(19)20-15)22-11-5-4-8-14(22)10-9-13-6-2-1-3-7-13/h1-3,6-7,12,14H,4-5,8-11H2,(H2,19,20,21)/t14-/m0/s1. The molecule has 0 spiro atoms. The Hall–Kier alpha value is -1.81. The predicted molar refractivity (Wildman–Crippen MR) is 91.2 cm³/mol. The number of nitrogen functional groups attached to an aromatic ring is 1. The molecule has 22 heavy (non-hydrogen) atoms. The van der Waals surface area contributed by atoms with E-state index in [-0.39, 0.29) is 5.95 Å². The molecule has 2 N–H and O–H groups in total. The number of anilines is 2. The van der Waals surface area contributed by atoms with Crippen molar-refractivity contribution in [3.63, 3.8) is 0 Å². The topological polar surface area (TPSA) is 55.0 Å². The van der Waals surface area contributed by atoms with Gasteiger partial charge in [0.15, 0.2) is 0 Å². The number of hydrogen-bond donors (Lipinski definition) is 1. The number of piperidine rings is 1. The highest BCUT2D eigenvalue weighted by atomic mass is 35.5. The number of aryl methyl sites for hydroxylation is 1. The van der Waals surface area contributed by atoms with Crippen LogP contribution in [0.3, 0.4) is 0 Å². The fraction of sp³-hybridized carbons (Fsp3) is 0.412. The van der Waals surface area contributed by atoms with Gasteiger partial charge in [0.2, 0.25) is 5.95 Å². The predicted octanol–water partition coefficient (Wildman–Crippen LogP) is 3.70. The van der Waals surface area contributed by atoms with E-state index >= 15 is 0 Å². The number of aromatic nitrogens is 2. The van der Waals surface area contributed by atoms with E-state index in [0.29, 0.717) is 11.2 Å². The summed E-state index contributed by atoms with van der Waals surface area (Å²) < 4.78 is 0. The van der Waals surface area contributed by atoms with E-state index in [9.17, 15) is 0 Å². The van der Waals surface area contributed by atoms with E-state index in [1.54, 1.807) is 0 Å². The van der Waals surface area contributed by atoms with Crippen LogP contribution in [0.2, 0.25) is 5.15 Å². The largest absolute Gasteiger partial charge is 0.368 e. The molecule has 1 aliphatic heterocycles. The van der Waals surface area contributed by atoms with Crippen LogP contribution in [-0.2, 0) is 6.42 Å². The molecule has 0 amide bonds. The Morgan fingerprint density at radius 1 is 1.18 bits per heavy atom. The summed E-state index contributed by atoms with van der Waals surface area (Å²) in [6, 6.07) is 12.9. The Balaban J connectivity index is 1.73. The van der Waals surface area contributed by atoms with Crippen molar-refractivity contribution >= 4 is 23.4 Å².